The molecule has 0 unspecified atom stereocenters. The maximum atomic E-state index is 11.1. The summed E-state index contributed by atoms with van der Waals surface area (Å²) in [5.74, 6) is -0.941. The molecule has 76 valence electrons. The molecule has 1 aromatic heterocycles. The van der Waals surface area contributed by atoms with Crippen molar-refractivity contribution in [2.24, 2.45) is 0 Å². The first kappa shape index (κ1) is 10.1. The van der Waals surface area contributed by atoms with E-state index < -0.39 is 5.97 Å². The molecule has 0 fully saturated rings. The van der Waals surface area contributed by atoms with Crippen molar-refractivity contribution in [1.82, 2.24) is 4.98 Å². The summed E-state index contributed by atoms with van der Waals surface area (Å²) >= 11 is 3.26. The molecule has 0 saturated heterocycles. The maximum Gasteiger partial charge on any atom is 0.337 e. The van der Waals surface area contributed by atoms with Gasteiger partial charge in [-0.1, -0.05) is 18.2 Å². The number of hydrogen-bond acceptors (Lipinski definition) is 2. The zero-order valence-electron chi connectivity index (χ0n) is 7.99. The third-order valence-corrected chi connectivity index (χ3v) is 3.18. The molecule has 1 aromatic carbocycles. The number of carbonyl (C=O) groups is 1. The summed E-state index contributed by atoms with van der Waals surface area (Å²) in [6.07, 6.45) is 0. The molecule has 1 heterocycles. The normalized spacial score (nSPS) is 10.5. The van der Waals surface area contributed by atoms with Crippen molar-refractivity contribution in [3.05, 3.63) is 40.0 Å². The zero-order chi connectivity index (χ0) is 11.0. The summed E-state index contributed by atoms with van der Waals surface area (Å²) in [6, 6.07) is 7.21. The molecule has 0 saturated carbocycles. The number of nitrogens with zero attached hydrogens (tertiary/aromatic N) is 1. The van der Waals surface area contributed by atoms with Gasteiger partial charge in [0.15, 0.2) is 0 Å². The number of aromatic nitrogens is 1. The SMILES string of the molecule is Cc1nc2ccccc2c(C(=O)O)c1Br. The van der Waals surface area contributed by atoms with Crippen molar-refractivity contribution in [2.45, 2.75) is 6.92 Å². The minimum Gasteiger partial charge on any atom is -0.478 e. The van der Waals surface area contributed by atoms with Crippen LogP contribution in [0.15, 0.2) is 28.7 Å². The van der Waals surface area contributed by atoms with E-state index in [1.54, 1.807) is 25.1 Å². The Bertz CT molecular complexity index is 552. The third-order valence-electron chi connectivity index (χ3n) is 2.21. The molecule has 0 radical (unpaired) electrons. The van der Waals surface area contributed by atoms with Crippen molar-refractivity contribution >= 4 is 32.8 Å². The minimum absolute atomic E-state index is 0.276. The van der Waals surface area contributed by atoms with Crippen LogP contribution in [0.25, 0.3) is 10.9 Å². The van der Waals surface area contributed by atoms with Crippen molar-refractivity contribution in [3.63, 3.8) is 0 Å². The molecule has 0 spiro atoms. The second-order valence-corrected chi connectivity index (χ2v) is 4.00. The van der Waals surface area contributed by atoms with Gasteiger partial charge < -0.3 is 5.11 Å². The fourth-order valence-corrected chi connectivity index (χ4v) is 1.99. The number of benzene rings is 1. The van der Waals surface area contributed by atoms with Gasteiger partial charge in [0.2, 0.25) is 0 Å². The van der Waals surface area contributed by atoms with Crippen molar-refractivity contribution in [1.29, 1.82) is 0 Å². The number of para-hydroxylation sites is 1. The van der Waals surface area contributed by atoms with Crippen molar-refractivity contribution in [2.75, 3.05) is 0 Å². The molecule has 1 N–H and O–H groups in total. The maximum absolute atomic E-state index is 11.1. The van der Waals surface area contributed by atoms with Crippen LogP contribution < -0.4 is 0 Å². The van der Waals surface area contributed by atoms with Crippen molar-refractivity contribution in [3.8, 4) is 0 Å². The molecule has 4 heteroatoms. The zero-order valence-corrected chi connectivity index (χ0v) is 9.58. The Morgan fingerprint density at radius 2 is 2.07 bits per heavy atom. The predicted octanol–water partition coefficient (Wildman–Crippen LogP) is 3.00. The summed E-state index contributed by atoms with van der Waals surface area (Å²) in [4.78, 5) is 15.4. The third kappa shape index (κ3) is 1.61. The van der Waals surface area contributed by atoms with Crippen LogP contribution in [0.1, 0.15) is 16.1 Å². The molecule has 0 aliphatic heterocycles. The molecule has 0 aliphatic rings. The van der Waals surface area contributed by atoms with Gasteiger partial charge in [0.25, 0.3) is 0 Å². The Morgan fingerprint density at radius 1 is 1.40 bits per heavy atom. The first-order chi connectivity index (χ1) is 7.11. The first-order valence-electron chi connectivity index (χ1n) is 4.39. The van der Waals surface area contributed by atoms with Gasteiger partial charge in [0, 0.05) is 5.39 Å². The van der Waals surface area contributed by atoms with Gasteiger partial charge in [-0.25, -0.2) is 4.79 Å². The van der Waals surface area contributed by atoms with E-state index in [9.17, 15) is 4.79 Å². The smallest absolute Gasteiger partial charge is 0.337 e. The molecule has 15 heavy (non-hydrogen) atoms. The predicted molar refractivity (Wildman–Crippen MR) is 61.1 cm³/mol. The molecule has 0 bridgehead atoms. The highest BCUT2D eigenvalue weighted by Crippen LogP contribution is 2.27. The topological polar surface area (TPSA) is 50.2 Å². The fourth-order valence-electron chi connectivity index (χ4n) is 1.52. The van der Waals surface area contributed by atoms with E-state index in [4.69, 9.17) is 5.11 Å². The van der Waals surface area contributed by atoms with E-state index in [-0.39, 0.29) is 5.56 Å². The Balaban J connectivity index is 2.95. The lowest BCUT2D eigenvalue weighted by molar-refractivity contribution is 0.0698. The van der Waals surface area contributed by atoms with Gasteiger partial charge >= 0.3 is 5.97 Å². The Hall–Kier alpha value is -1.42. The molecular formula is C11H8BrNO2. The number of pyridine rings is 1. The van der Waals surface area contributed by atoms with E-state index >= 15 is 0 Å². The van der Waals surface area contributed by atoms with Gasteiger partial charge in [0.05, 0.1) is 21.2 Å². The highest BCUT2D eigenvalue weighted by Gasteiger charge is 2.15. The monoisotopic (exact) mass is 265 g/mol. The number of aryl methyl sites for hydroxylation is 1. The lowest BCUT2D eigenvalue weighted by atomic mass is 10.1. The summed E-state index contributed by atoms with van der Waals surface area (Å²) < 4.78 is 0.550. The van der Waals surface area contributed by atoms with E-state index in [0.29, 0.717) is 21.1 Å². The van der Waals surface area contributed by atoms with Crippen LogP contribution in [0.5, 0.6) is 0 Å². The summed E-state index contributed by atoms with van der Waals surface area (Å²) in [7, 11) is 0. The van der Waals surface area contributed by atoms with Crippen LogP contribution in [0, 0.1) is 6.92 Å². The van der Waals surface area contributed by atoms with Gasteiger partial charge in [-0.05, 0) is 28.9 Å². The molecule has 2 rings (SSSR count). The molecule has 2 aromatic rings. The average Bonchev–Trinajstić information content (AvgIpc) is 2.19. The van der Waals surface area contributed by atoms with Crippen LogP contribution in [-0.4, -0.2) is 16.1 Å². The molecule has 0 atom stereocenters. The highest BCUT2D eigenvalue weighted by molar-refractivity contribution is 9.10. The Labute approximate surface area is 94.9 Å². The minimum atomic E-state index is -0.941. The molecular weight excluding hydrogens is 258 g/mol. The first-order valence-corrected chi connectivity index (χ1v) is 5.18. The van der Waals surface area contributed by atoms with Gasteiger partial charge in [0.1, 0.15) is 0 Å². The average molecular weight is 266 g/mol. The lowest BCUT2D eigenvalue weighted by Gasteiger charge is -2.06. The fraction of sp³-hybridized carbons (Fsp3) is 0.0909. The number of carboxylic acid groups (broad SMARTS) is 1. The second-order valence-electron chi connectivity index (χ2n) is 3.21. The molecule has 3 nitrogen and oxygen atoms in total. The summed E-state index contributed by atoms with van der Waals surface area (Å²) in [5.41, 5.74) is 1.67. The summed E-state index contributed by atoms with van der Waals surface area (Å²) in [6.45, 7) is 1.78. The second kappa shape index (κ2) is 3.62. The highest BCUT2D eigenvalue weighted by atomic mass is 79.9. The van der Waals surface area contributed by atoms with Gasteiger partial charge in [-0.15, -0.1) is 0 Å². The number of fused-ring (bicyclic) bond motifs is 1. The van der Waals surface area contributed by atoms with Crippen LogP contribution in [0.2, 0.25) is 0 Å². The van der Waals surface area contributed by atoms with Crippen LogP contribution in [0.3, 0.4) is 0 Å². The Morgan fingerprint density at radius 3 is 2.73 bits per heavy atom. The number of hydrogen-bond donors (Lipinski definition) is 1. The van der Waals surface area contributed by atoms with Crippen LogP contribution >= 0.6 is 15.9 Å². The largest absolute Gasteiger partial charge is 0.478 e. The molecule has 0 amide bonds. The van der Waals surface area contributed by atoms with E-state index in [1.807, 2.05) is 6.07 Å². The van der Waals surface area contributed by atoms with E-state index in [1.165, 1.54) is 0 Å². The van der Waals surface area contributed by atoms with Gasteiger partial charge in [-0.3, -0.25) is 4.98 Å². The number of aromatic carboxylic acids is 1. The summed E-state index contributed by atoms with van der Waals surface area (Å²) in [5, 5.41) is 9.79. The molecule has 0 aliphatic carbocycles. The quantitative estimate of drug-likeness (QED) is 0.863. The number of carboxylic acids is 1. The lowest BCUT2D eigenvalue weighted by Crippen LogP contribution is -2.02. The number of rotatable bonds is 1. The number of halogens is 1. The van der Waals surface area contributed by atoms with Gasteiger partial charge in [-0.2, -0.15) is 0 Å². The Kier molecular flexibility index (Phi) is 2.44. The van der Waals surface area contributed by atoms with Crippen LogP contribution in [-0.2, 0) is 0 Å². The van der Waals surface area contributed by atoms with E-state index in [0.717, 1.165) is 0 Å². The van der Waals surface area contributed by atoms with E-state index in [2.05, 4.69) is 20.9 Å². The standard InChI is InChI=1S/C11H8BrNO2/c1-6-10(12)9(11(14)15)7-4-2-3-5-8(7)13-6/h2-5H,1H3,(H,14,15). The van der Waals surface area contributed by atoms with Crippen molar-refractivity contribution < 1.29 is 9.90 Å². The van der Waals surface area contributed by atoms with Crippen LogP contribution in [0.4, 0.5) is 0 Å².